The summed E-state index contributed by atoms with van der Waals surface area (Å²) in [5, 5.41) is 0. The molecule has 3 heteroatoms. The van der Waals surface area contributed by atoms with Crippen molar-refractivity contribution < 1.29 is 9.53 Å². The van der Waals surface area contributed by atoms with Gasteiger partial charge in [0.15, 0.2) is 5.78 Å². The van der Waals surface area contributed by atoms with Crippen LogP contribution in [0, 0.1) is 5.92 Å². The summed E-state index contributed by atoms with van der Waals surface area (Å²) in [7, 11) is 0. The van der Waals surface area contributed by atoms with Gasteiger partial charge in [0.2, 0.25) is 0 Å². The number of carbonyl (C=O) groups excluding carboxylic acids is 1. The second kappa shape index (κ2) is 6.48. The Hall–Kier alpha value is -0.670. The van der Waals surface area contributed by atoms with Crippen LogP contribution in [0.4, 0.5) is 0 Å². The van der Waals surface area contributed by atoms with Crippen molar-refractivity contribution in [1.82, 2.24) is 0 Å². The lowest BCUT2D eigenvalue weighted by atomic mass is 9.89. The lowest BCUT2D eigenvalue weighted by Gasteiger charge is -2.26. The molecule has 2 unspecified atom stereocenters. The summed E-state index contributed by atoms with van der Waals surface area (Å²) < 4.78 is 6.60. The fourth-order valence-electron chi connectivity index (χ4n) is 2.49. The predicted molar refractivity (Wildman–Crippen MR) is 75.8 cm³/mol. The maximum Gasteiger partial charge on any atom is 0.189 e. The molecule has 0 heterocycles. The Labute approximate surface area is 117 Å². The highest BCUT2D eigenvalue weighted by Crippen LogP contribution is 2.26. The molecule has 1 saturated carbocycles. The molecule has 1 fully saturated rings. The van der Waals surface area contributed by atoms with Gasteiger partial charge in [-0.1, -0.05) is 53.9 Å². The highest BCUT2D eigenvalue weighted by Gasteiger charge is 2.20. The van der Waals surface area contributed by atoms with E-state index in [1.807, 2.05) is 24.3 Å². The molecule has 0 bridgehead atoms. The van der Waals surface area contributed by atoms with E-state index in [-0.39, 0.29) is 18.5 Å². The van der Waals surface area contributed by atoms with E-state index in [0.717, 1.165) is 23.2 Å². The number of benzene rings is 1. The predicted octanol–water partition coefficient (Wildman–Crippen LogP) is 4.23. The van der Waals surface area contributed by atoms with Gasteiger partial charge in [-0.15, -0.1) is 0 Å². The number of ketones is 1. The Kier molecular flexibility index (Phi) is 4.95. The van der Waals surface area contributed by atoms with Crippen LogP contribution in [0.15, 0.2) is 28.7 Å². The van der Waals surface area contributed by atoms with Crippen LogP contribution in [-0.4, -0.2) is 18.5 Å². The van der Waals surface area contributed by atoms with Crippen LogP contribution in [0.5, 0.6) is 0 Å². The van der Waals surface area contributed by atoms with Crippen molar-refractivity contribution in [1.29, 1.82) is 0 Å². The zero-order valence-corrected chi connectivity index (χ0v) is 12.3. The fraction of sp³-hybridized carbons (Fsp3) is 0.533. The average Bonchev–Trinajstić information content (AvgIpc) is 2.37. The Bertz CT molecular complexity index is 417. The minimum Gasteiger partial charge on any atom is -0.370 e. The zero-order chi connectivity index (χ0) is 13.0. The molecule has 0 aromatic heterocycles. The van der Waals surface area contributed by atoms with Crippen molar-refractivity contribution in [3.63, 3.8) is 0 Å². The summed E-state index contributed by atoms with van der Waals surface area (Å²) in [6.45, 7) is 2.45. The van der Waals surface area contributed by atoms with Crippen LogP contribution in [0.25, 0.3) is 0 Å². The first-order valence-corrected chi connectivity index (χ1v) is 7.35. The van der Waals surface area contributed by atoms with Crippen LogP contribution < -0.4 is 0 Å². The van der Waals surface area contributed by atoms with Gasteiger partial charge >= 0.3 is 0 Å². The molecule has 0 spiro atoms. The highest BCUT2D eigenvalue weighted by atomic mass is 79.9. The smallest absolute Gasteiger partial charge is 0.189 e. The van der Waals surface area contributed by atoms with E-state index in [0.29, 0.717) is 5.56 Å². The van der Waals surface area contributed by atoms with Gasteiger partial charge in [0.25, 0.3) is 0 Å². The molecule has 2 rings (SSSR count). The minimum atomic E-state index is 0.0562. The van der Waals surface area contributed by atoms with Gasteiger partial charge in [-0.25, -0.2) is 0 Å². The van der Waals surface area contributed by atoms with Crippen molar-refractivity contribution >= 4 is 21.7 Å². The monoisotopic (exact) mass is 310 g/mol. The van der Waals surface area contributed by atoms with E-state index in [9.17, 15) is 4.79 Å². The standard InChI is InChI=1S/C15H19BrO2/c1-11-5-4-6-12(9-11)18-10-15(17)13-7-2-3-8-14(13)16/h2-3,7-8,11-12H,4-6,9-10H2,1H3. The van der Waals surface area contributed by atoms with Crippen LogP contribution in [0.1, 0.15) is 43.0 Å². The second-order valence-corrected chi connectivity index (χ2v) is 5.96. The van der Waals surface area contributed by atoms with Gasteiger partial charge in [0.1, 0.15) is 6.61 Å². The van der Waals surface area contributed by atoms with Crippen LogP contribution in [-0.2, 0) is 4.74 Å². The molecule has 1 aromatic rings. The molecule has 18 heavy (non-hydrogen) atoms. The summed E-state index contributed by atoms with van der Waals surface area (Å²) in [4.78, 5) is 12.0. The van der Waals surface area contributed by atoms with E-state index in [2.05, 4.69) is 22.9 Å². The maximum absolute atomic E-state index is 12.0. The molecule has 0 N–H and O–H groups in total. The van der Waals surface area contributed by atoms with E-state index in [4.69, 9.17) is 4.74 Å². The summed E-state index contributed by atoms with van der Waals surface area (Å²) in [5.74, 6) is 0.781. The molecule has 2 nitrogen and oxygen atoms in total. The quantitative estimate of drug-likeness (QED) is 0.778. The lowest BCUT2D eigenvalue weighted by Crippen LogP contribution is -2.24. The van der Waals surface area contributed by atoms with Gasteiger partial charge in [-0.3, -0.25) is 4.79 Å². The SMILES string of the molecule is CC1CCCC(OCC(=O)c2ccccc2Br)C1. The normalized spacial score (nSPS) is 23.9. The Balaban J connectivity index is 1.87. The van der Waals surface area contributed by atoms with Gasteiger partial charge in [0, 0.05) is 10.0 Å². The first-order chi connectivity index (χ1) is 8.66. The molecule has 0 aliphatic heterocycles. The van der Waals surface area contributed by atoms with Crippen molar-refractivity contribution in [3.05, 3.63) is 34.3 Å². The molecule has 98 valence electrons. The molecule has 1 aliphatic rings. The molecule has 0 saturated heterocycles. The third-order valence-corrected chi connectivity index (χ3v) is 4.20. The van der Waals surface area contributed by atoms with Crippen LogP contribution in [0.2, 0.25) is 0 Å². The number of hydrogen-bond acceptors (Lipinski definition) is 2. The molecule has 0 amide bonds. The molecule has 2 atom stereocenters. The third kappa shape index (κ3) is 3.66. The topological polar surface area (TPSA) is 26.3 Å². The second-order valence-electron chi connectivity index (χ2n) is 5.11. The van der Waals surface area contributed by atoms with Crippen molar-refractivity contribution in [2.45, 2.75) is 38.7 Å². The first kappa shape index (κ1) is 13.8. The molecular formula is C15H19BrO2. The van der Waals surface area contributed by atoms with Gasteiger partial charge in [-0.2, -0.15) is 0 Å². The Morgan fingerprint density at radius 1 is 1.39 bits per heavy atom. The lowest BCUT2D eigenvalue weighted by molar-refractivity contribution is 0.0182. The molecule has 1 aliphatic carbocycles. The number of carbonyl (C=O) groups is 1. The number of hydrogen-bond donors (Lipinski definition) is 0. The van der Waals surface area contributed by atoms with E-state index >= 15 is 0 Å². The summed E-state index contributed by atoms with van der Waals surface area (Å²) in [6, 6.07) is 7.50. The number of rotatable bonds is 4. The maximum atomic E-state index is 12.0. The molecule has 0 radical (unpaired) electrons. The number of halogens is 1. The van der Waals surface area contributed by atoms with Gasteiger partial charge in [-0.05, 0) is 24.8 Å². The average molecular weight is 311 g/mol. The first-order valence-electron chi connectivity index (χ1n) is 6.56. The van der Waals surface area contributed by atoms with Crippen molar-refractivity contribution in [3.8, 4) is 0 Å². The highest BCUT2D eigenvalue weighted by molar-refractivity contribution is 9.10. The van der Waals surface area contributed by atoms with E-state index in [1.54, 1.807) is 0 Å². The zero-order valence-electron chi connectivity index (χ0n) is 10.7. The largest absolute Gasteiger partial charge is 0.370 e. The minimum absolute atomic E-state index is 0.0562. The van der Waals surface area contributed by atoms with Gasteiger partial charge < -0.3 is 4.74 Å². The summed E-state index contributed by atoms with van der Waals surface area (Å²) >= 11 is 3.40. The number of ether oxygens (including phenoxy) is 1. The third-order valence-electron chi connectivity index (χ3n) is 3.51. The van der Waals surface area contributed by atoms with E-state index in [1.165, 1.54) is 12.8 Å². The summed E-state index contributed by atoms with van der Waals surface area (Å²) in [5.41, 5.74) is 0.710. The Morgan fingerprint density at radius 2 is 2.17 bits per heavy atom. The van der Waals surface area contributed by atoms with Crippen LogP contribution in [0.3, 0.4) is 0 Å². The van der Waals surface area contributed by atoms with E-state index < -0.39 is 0 Å². The fourth-order valence-corrected chi connectivity index (χ4v) is 2.99. The summed E-state index contributed by atoms with van der Waals surface area (Å²) in [6.07, 6.45) is 4.95. The molecular weight excluding hydrogens is 292 g/mol. The van der Waals surface area contributed by atoms with Crippen molar-refractivity contribution in [2.24, 2.45) is 5.92 Å². The van der Waals surface area contributed by atoms with Crippen LogP contribution >= 0.6 is 15.9 Å². The van der Waals surface area contributed by atoms with Gasteiger partial charge in [0.05, 0.1) is 6.10 Å². The molecule has 1 aromatic carbocycles. The number of Topliss-reactive ketones (excluding diaryl/α,β-unsaturated/α-hetero) is 1. The Morgan fingerprint density at radius 3 is 2.89 bits per heavy atom. The van der Waals surface area contributed by atoms with Crippen molar-refractivity contribution in [2.75, 3.05) is 6.61 Å².